The van der Waals surface area contributed by atoms with Gasteiger partial charge in [-0.3, -0.25) is 4.79 Å². The summed E-state index contributed by atoms with van der Waals surface area (Å²) in [6.07, 6.45) is 1.34. The van der Waals surface area contributed by atoms with Crippen molar-refractivity contribution in [2.24, 2.45) is 0 Å². The molecule has 0 saturated heterocycles. The maximum absolute atomic E-state index is 11.5. The lowest BCUT2D eigenvalue weighted by atomic mass is 10.2. The van der Waals surface area contributed by atoms with Gasteiger partial charge in [0.1, 0.15) is 18.1 Å². The van der Waals surface area contributed by atoms with Gasteiger partial charge >= 0.3 is 5.97 Å². The number of hydrogen-bond acceptors (Lipinski definition) is 3. The molecular formula is C18H19BrO3. The lowest BCUT2D eigenvalue weighted by Gasteiger charge is -2.13. The van der Waals surface area contributed by atoms with E-state index in [0.29, 0.717) is 18.8 Å². The van der Waals surface area contributed by atoms with E-state index in [9.17, 15) is 4.79 Å². The van der Waals surface area contributed by atoms with Gasteiger partial charge in [-0.15, -0.1) is 0 Å². The molecule has 0 spiro atoms. The molecule has 2 aromatic rings. The van der Waals surface area contributed by atoms with Crippen LogP contribution in [0.5, 0.6) is 11.5 Å². The van der Waals surface area contributed by atoms with Gasteiger partial charge in [0, 0.05) is 16.5 Å². The van der Waals surface area contributed by atoms with Gasteiger partial charge in [-0.25, -0.2) is 0 Å². The van der Waals surface area contributed by atoms with Crippen LogP contribution in [0.15, 0.2) is 46.9 Å². The van der Waals surface area contributed by atoms with Crippen molar-refractivity contribution < 1.29 is 14.3 Å². The topological polar surface area (TPSA) is 35.5 Å². The predicted molar refractivity (Wildman–Crippen MR) is 90.2 cm³/mol. The fraction of sp³-hybridized carbons (Fsp3) is 0.278. The van der Waals surface area contributed by atoms with Gasteiger partial charge in [0.15, 0.2) is 0 Å². The zero-order valence-electron chi connectivity index (χ0n) is 12.8. The van der Waals surface area contributed by atoms with Gasteiger partial charge in [0.2, 0.25) is 0 Å². The molecule has 0 atom stereocenters. The standard InChI is InChI=1S/C18H19BrO3/c1-3-13-8-10-14(11-9-13)21-12-15-16(19)6-5-7-17(15)22-18(20)4-2/h5-11H,3-4,12H2,1-2H3. The Morgan fingerprint density at radius 1 is 1.09 bits per heavy atom. The highest BCUT2D eigenvalue weighted by Gasteiger charge is 2.12. The van der Waals surface area contributed by atoms with E-state index in [0.717, 1.165) is 22.2 Å². The van der Waals surface area contributed by atoms with Crippen LogP contribution in [0, 0.1) is 0 Å². The monoisotopic (exact) mass is 362 g/mol. The van der Waals surface area contributed by atoms with Crippen molar-refractivity contribution >= 4 is 21.9 Å². The minimum Gasteiger partial charge on any atom is -0.489 e. The Balaban J connectivity index is 2.12. The first-order valence-corrected chi connectivity index (χ1v) is 8.13. The third kappa shape index (κ3) is 4.34. The SMILES string of the molecule is CCC(=O)Oc1cccc(Br)c1COc1ccc(CC)cc1. The smallest absolute Gasteiger partial charge is 0.310 e. The van der Waals surface area contributed by atoms with Gasteiger partial charge in [-0.2, -0.15) is 0 Å². The van der Waals surface area contributed by atoms with E-state index in [2.05, 4.69) is 22.9 Å². The van der Waals surface area contributed by atoms with E-state index >= 15 is 0 Å². The molecule has 2 rings (SSSR count). The highest BCUT2D eigenvalue weighted by Crippen LogP contribution is 2.28. The van der Waals surface area contributed by atoms with Gasteiger partial charge in [0.25, 0.3) is 0 Å². The molecule has 0 heterocycles. The van der Waals surface area contributed by atoms with Crippen molar-refractivity contribution in [2.45, 2.75) is 33.3 Å². The third-order valence-corrected chi connectivity index (χ3v) is 4.05. The van der Waals surface area contributed by atoms with Crippen LogP contribution in [-0.4, -0.2) is 5.97 Å². The average Bonchev–Trinajstić information content (AvgIpc) is 2.54. The van der Waals surface area contributed by atoms with Crippen LogP contribution in [0.2, 0.25) is 0 Å². The molecule has 3 nitrogen and oxygen atoms in total. The number of ether oxygens (including phenoxy) is 2. The Hall–Kier alpha value is -1.81. The van der Waals surface area contributed by atoms with E-state index in [1.54, 1.807) is 13.0 Å². The summed E-state index contributed by atoms with van der Waals surface area (Å²) < 4.78 is 12.0. The summed E-state index contributed by atoms with van der Waals surface area (Å²) in [6, 6.07) is 13.5. The second kappa shape index (κ2) is 7.99. The molecule has 0 N–H and O–H groups in total. The van der Waals surface area contributed by atoms with Crippen molar-refractivity contribution in [3.8, 4) is 11.5 Å². The first kappa shape index (κ1) is 16.6. The molecule has 0 amide bonds. The number of rotatable bonds is 6. The van der Waals surface area contributed by atoms with E-state index in [-0.39, 0.29) is 5.97 Å². The minimum absolute atomic E-state index is 0.258. The fourth-order valence-corrected chi connectivity index (χ4v) is 2.41. The maximum atomic E-state index is 11.5. The number of esters is 1. The number of carbonyl (C=O) groups is 1. The third-order valence-electron chi connectivity index (χ3n) is 3.30. The molecule has 2 aromatic carbocycles. The van der Waals surface area contributed by atoms with E-state index in [4.69, 9.17) is 9.47 Å². The molecule has 0 unspecified atom stereocenters. The van der Waals surface area contributed by atoms with Crippen molar-refractivity contribution in [2.75, 3.05) is 0 Å². The molecule has 0 saturated carbocycles. The molecule has 0 aliphatic rings. The van der Waals surface area contributed by atoms with Crippen molar-refractivity contribution in [3.05, 3.63) is 58.1 Å². The lowest BCUT2D eigenvalue weighted by Crippen LogP contribution is -2.09. The van der Waals surface area contributed by atoms with Gasteiger partial charge in [-0.1, -0.05) is 48.0 Å². The number of halogens is 1. The summed E-state index contributed by atoms with van der Waals surface area (Å²) in [6.45, 7) is 4.22. The van der Waals surface area contributed by atoms with Crippen molar-refractivity contribution in [1.82, 2.24) is 0 Å². The Bertz CT molecular complexity index is 635. The molecule has 0 aliphatic heterocycles. The first-order valence-electron chi connectivity index (χ1n) is 7.33. The van der Waals surface area contributed by atoms with Crippen LogP contribution in [0.3, 0.4) is 0 Å². The van der Waals surface area contributed by atoms with Crippen LogP contribution in [0.1, 0.15) is 31.4 Å². The zero-order chi connectivity index (χ0) is 15.9. The Kier molecular flexibility index (Phi) is 6.01. The Labute approximate surface area is 139 Å². The lowest BCUT2D eigenvalue weighted by molar-refractivity contribution is -0.134. The second-order valence-electron chi connectivity index (χ2n) is 4.83. The highest BCUT2D eigenvalue weighted by atomic mass is 79.9. The molecule has 0 fully saturated rings. The van der Waals surface area contributed by atoms with E-state index in [1.807, 2.05) is 36.4 Å². The van der Waals surface area contributed by atoms with Gasteiger partial charge in [-0.05, 0) is 36.2 Å². The summed E-state index contributed by atoms with van der Waals surface area (Å²) in [5.74, 6) is 1.07. The Morgan fingerprint density at radius 2 is 1.82 bits per heavy atom. The normalized spacial score (nSPS) is 10.3. The van der Waals surface area contributed by atoms with Crippen LogP contribution in [0.25, 0.3) is 0 Å². The Morgan fingerprint density at radius 3 is 2.45 bits per heavy atom. The number of hydrogen-bond donors (Lipinski definition) is 0. The second-order valence-corrected chi connectivity index (χ2v) is 5.68. The summed E-state index contributed by atoms with van der Waals surface area (Å²) in [7, 11) is 0. The molecule has 116 valence electrons. The van der Waals surface area contributed by atoms with Crippen LogP contribution < -0.4 is 9.47 Å². The molecule has 0 radical (unpaired) electrons. The van der Waals surface area contributed by atoms with Crippen LogP contribution in [0.4, 0.5) is 0 Å². The first-order chi connectivity index (χ1) is 10.6. The van der Waals surface area contributed by atoms with Crippen LogP contribution >= 0.6 is 15.9 Å². The fourth-order valence-electron chi connectivity index (χ4n) is 1.95. The largest absolute Gasteiger partial charge is 0.489 e. The number of benzene rings is 2. The maximum Gasteiger partial charge on any atom is 0.310 e. The number of aryl methyl sites for hydroxylation is 1. The number of carbonyl (C=O) groups excluding carboxylic acids is 1. The molecule has 0 aliphatic carbocycles. The molecule has 22 heavy (non-hydrogen) atoms. The molecule has 0 aromatic heterocycles. The predicted octanol–water partition coefficient (Wildman–Crippen LogP) is 4.91. The van der Waals surface area contributed by atoms with Gasteiger partial charge < -0.3 is 9.47 Å². The summed E-state index contributed by atoms with van der Waals surface area (Å²) >= 11 is 3.48. The summed E-state index contributed by atoms with van der Waals surface area (Å²) in [5, 5.41) is 0. The minimum atomic E-state index is -0.258. The summed E-state index contributed by atoms with van der Waals surface area (Å²) in [4.78, 5) is 11.5. The van der Waals surface area contributed by atoms with E-state index in [1.165, 1.54) is 5.56 Å². The molecule has 0 bridgehead atoms. The van der Waals surface area contributed by atoms with Gasteiger partial charge in [0.05, 0.1) is 0 Å². The highest BCUT2D eigenvalue weighted by molar-refractivity contribution is 9.10. The zero-order valence-corrected chi connectivity index (χ0v) is 14.4. The quantitative estimate of drug-likeness (QED) is 0.541. The average molecular weight is 363 g/mol. The van der Waals surface area contributed by atoms with Crippen molar-refractivity contribution in [1.29, 1.82) is 0 Å². The van der Waals surface area contributed by atoms with Crippen molar-refractivity contribution in [3.63, 3.8) is 0 Å². The molecular weight excluding hydrogens is 344 g/mol. The summed E-state index contributed by atoms with van der Waals surface area (Å²) in [5.41, 5.74) is 2.09. The van der Waals surface area contributed by atoms with Crippen LogP contribution in [-0.2, 0) is 17.8 Å². The molecule has 4 heteroatoms. The van der Waals surface area contributed by atoms with E-state index < -0.39 is 0 Å².